The minimum atomic E-state index is -0.0825. The van der Waals surface area contributed by atoms with Gasteiger partial charge in [0.25, 0.3) is 0 Å². The van der Waals surface area contributed by atoms with E-state index in [1.165, 1.54) is 16.5 Å². The van der Waals surface area contributed by atoms with E-state index in [4.69, 9.17) is 0 Å². The molecule has 0 aliphatic rings. The van der Waals surface area contributed by atoms with Crippen molar-refractivity contribution in [2.45, 2.75) is 6.04 Å². The van der Waals surface area contributed by atoms with Gasteiger partial charge in [0, 0.05) is 36.8 Å². The summed E-state index contributed by atoms with van der Waals surface area (Å²) in [5.41, 5.74) is 3.44. The monoisotopic (exact) mass is 347 g/mol. The van der Waals surface area contributed by atoms with Crippen LogP contribution in [-0.2, 0) is 11.8 Å². The van der Waals surface area contributed by atoms with Gasteiger partial charge >= 0.3 is 0 Å². The third-order valence-corrected chi connectivity index (χ3v) is 4.61. The molecule has 0 bridgehead atoms. The summed E-state index contributed by atoms with van der Waals surface area (Å²) in [5, 5.41) is 4.25. The number of aryl methyl sites for hydroxylation is 1. The van der Waals surface area contributed by atoms with E-state index >= 15 is 0 Å². The maximum Gasteiger partial charge on any atom is 0.244 e. The quantitative estimate of drug-likeness (QED) is 0.692. The third-order valence-electron chi connectivity index (χ3n) is 4.61. The van der Waals surface area contributed by atoms with Crippen molar-refractivity contribution in [3.8, 4) is 0 Å². The summed E-state index contributed by atoms with van der Waals surface area (Å²) < 4.78 is 2.14. The average molecular weight is 347 g/mol. The van der Waals surface area contributed by atoms with Crippen molar-refractivity contribution in [2.24, 2.45) is 7.05 Å². The Kier molecular flexibility index (Phi) is 5.54. The number of hydrogen-bond donors (Lipinski definition) is 1. The van der Waals surface area contributed by atoms with Crippen molar-refractivity contribution in [3.63, 3.8) is 0 Å². The van der Waals surface area contributed by atoms with Gasteiger partial charge in [-0.25, -0.2) is 0 Å². The van der Waals surface area contributed by atoms with E-state index in [-0.39, 0.29) is 11.9 Å². The Bertz CT molecular complexity index is 910. The van der Waals surface area contributed by atoms with Crippen LogP contribution in [0.25, 0.3) is 17.0 Å². The minimum absolute atomic E-state index is 0.0825. The number of fused-ring (bicyclic) bond motifs is 1. The van der Waals surface area contributed by atoms with E-state index in [1.54, 1.807) is 6.08 Å². The van der Waals surface area contributed by atoms with Crippen LogP contribution in [-0.4, -0.2) is 36.0 Å². The fourth-order valence-corrected chi connectivity index (χ4v) is 3.20. The normalized spacial score (nSPS) is 12.8. The van der Waals surface area contributed by atoms with Gasteiger partial charge < -0.3 is 14.8 Å². The molecular formula is C22H25N3O. The Morgan fingerprint density at radius 2 is 1.81 bits per heavy atom. The maximum absolute atomic E-state index is 12.2. The molecule has 0 fully saturated rings. The number of aromatic nitrogens is 1. The first-order chi connectivity index (χ1) is 12.6. The number of hydrogen-bond acceptors (Lipinski definition) is 2. The zero-order valence-corrected chi connectivity index (χ0v) is 15.5. The first-order valence-corrected chi connectivity index (χ1v) is 8.77. The highest BCUT2D eigenvalue weighted by atomic mass is 16.1. The molecule has 0 aliphatic carbocycles. The van der Waals surface area contributed by atoms with E-state index in [1.807, 2.05) is 56.6 Å². The first kappa shape index (κ1) is 18.0. The van der Waals surface area contributed by atoms with Crippen LogP contribution >= 0.6 is 0 Å². The molecule has 1 aromatic heterocycles. The van der Waals surface area contributed by atoms with Gasteiger partial charge in [0.15, 0.2) is 0 Å². The van der Waals surface area contributed by atoms with Crippen molar-refractivity contribution in [3.05, 3.63) is 78.0 Å². The van der Waals surface area contributed by atoms with Gasteiger partial charge in [0.05, 0.1) is 6.04 Å². The molecular weight excluding hydrogens is 322 g/mol. The highest BCUT2D eigenvalue weighted by molar-refractivity contribution is 5.91. The van der Waals surface area contributed by atoms with Gasteiger partial charge in [-0.3, -0.25) is 4.79 Å². The van der Waals surface area contributed by atoms with Crippen molar-refractivity contribution in [2.75, 3.05) is 20.6 Å². The van der Waals surface area contributed by atoms with E-state index in [0.29, 0.717) is 6.54 Å². The molecule has 1 atom stereocenters. The summed E-state index contributed by atoms with van der Waals surface area (Å²) in [5.74, 6) is -0.0825. The van der Waals surface area contributed by atoms with Gasteiger partial charge in [-0.2, -0.15) is 0 Å². The molecule has 1 N–H and O–H groups in total. The number of amides is 1. The molecule has 134 valence electrons. The maximum atomic E-state index is 12.2. The first-order valence-electron chi connectivity index (χ1n) is 8.77. The number of rotatable bonds is 6. The number of benzene rings is 2. The van der Waals surface area contributed by atoms with Gasteiger partial charge in [-0.15, -0.1) is 0 Å². The lowest BCUT2D eigenvalue weighted by Gasteiger charge is -2.24. The SMILES string of the molecule is CN(C)[C@@H](CNC(=O)/C=C/c1ccccc1)c1cn(C)c2ccccc12. The smallest absolute Gasteiger partial charge is 0.244 e. The summed E-state index contributed by atoms with van der Waals surface area (Å²) in [6.07, 6.45) is 5.57. The Balaban J connectivity index is 1.73. The molecule has 3 rings (SSSR count). The molecule has 1 amide bonds. The second-order valence-corrected chi connectivity index (χ2v) is 6.68. The summed E-state index contributed by atoms with van der Waals surface area (Å²) in [6, 6.07) is 18.3. The lowest BCUT2D eigenvalue weighted by molar-refractivity contribution is -0.116. The van der Waals surface area contributed by atoms with E-state index in [0.717, 1.165) is 5.56 Å². The van der Waals surface area contributed by atoms with Gasteiger partial charge in [0.2, 0.25) is 5.91 Å². The Morgan fingerprint density at radius 3 is 2.54 bits per heavy atom. The zero-order chi connectivity index (χ0) is 18.5. The standard InChI is InChI=1S/C22H25N3O/c1-24(2)21(19-16-25(3)20-12-8-7-11-18(19)20)15-23-22(26)14-13-17-9-5-4-6-10-17/h4-14,16,21H,15H2,1-3H3,(H,23,26)/b14-13+/t21-/m0/s1. The number of nitrogens with zero attached hydrogens (tertiary/aromatic N) is 2. The van der Waals surface area contributed by atoms with Crippen molar-refractivity contribution in [1.82, 2.24) is 14.8 Å². The fraction of sp³-hybridized carbons (Fsp3) is 0.227. The van der Waals surface area contributed by atoms with E-state index in [9.17, 15) is 4.79 Å². The Morgan fingerprint density at radius 1 is 1.12 bits per heavy atom. The highest BCUT2D eigenvalue weighted by Crippen LogP contribution is 2.28. The average Bonchev–Trinajstić information content (AvgIpc) is 2.98. The molecule has 0 aliphatic heterocycles. The van der Waals surface area contributed by atoms with Gasteiger partial charge in [0.1, 0.15) is 0 Å². The minimum Gasteiger partial charge on any atom is -0.351 e. The number of carbonyl (C=O) groups is 1. The Labute approximate surface area is 154 Å². The summed E-state index contributed by atoms with van der Waals surface area (Å²) in [6.45, 7) is 0.555. The van der Waals surface area contributed by atoms with Crippen LogP contribution in [0.4, 0.5) is 0 Å². The van der Waals surface area contributed by atoms with Crippen LogP contribution in [0.5, 0.6) is 0 Å². The lowest BCUT2D eigenvalue weighted by Crippen LogP contribution is -2.33. The van der Waals surface area contributed by atoms with Gasteiger partial charge in [-0.1, -0.05) is 48.5 Å². The predicted molar refractivity (Wildman–Crippen MR) is 108 cm³/mol. The van der Waals surface area contributed by atoms with Crippen molar-refractivity contribution < 1.29 is 4.79 Å². The molecule has 26 heavy (non-hydrogen) atoms. The van der Waals surface area contributed by atoms with Crippen LogP contribution in [0.15, 0.2) is 66.9 Å². The number of likely N-dealkylation sites (N-methyl/N-ethyl adjacent to an activating group) is 1. The van der Waals surface area contributed by atoms with Crippen molar-refractivity contribution >= 4 is 22.9 Å². The highest BCUT2D eigenvalue weighted by Gasteiger charge is 2.19. The van der Waals surface area contributed by atoms with E-state index in [2.05, 4.69) is 46.2 Å². The van der Waals surface area contributed by atoms with Crippen molar-refractivity contribution in [1.29, 1.82) is 0 Å². The molecule has 1 heterocycles. The lowest BCUT2D eigenvalue weighted by atomic mass is 10.0. The summed E-state index contributed by atoms with van der Waals surface area (Å²) >= 11 is 0. The molecule has 0 unspecified atom stereocenters. The van der Waals surface area contributed by atoms with Crippen LogP contribution in [0, 0.1) is 0 Å². The predicted octanol–water partition coefficient (Wildman–Crippen LogP) is 3.61. The number of nitrogens with one attached hydrogen (secondary N) is 1. The molecule has 3 aromatic rings. The second-order valence-electron chi connectivity index (χ2n) is 6.68. The summed E-state index contributed by atoms with van der Waals surface area (Å²) in [7, 11) is 6.14. The topological polar surface area (TPSA) is 37.3 Å². The van der Waals surface area contributed by atoms with Crippen LogP contribution < -0.4 is 5.32 Å². The number of carbonyl (C=O) groups excluding carboxylic acids is 1. The van der Waals surface area contributed by atoms with Gasteiger partial charge in [-0.05, 0) is 37.4 Å². The summed E-state index contributed by atoms with van der Waals surface area (Å²) in [4.78, 5) is 14.4. The van der Waals surface area contributed by atoms with Crippen LogP contribution in [0.2, 0.25) is 0 Å². The fourth-order valence-electron chi connectivity index (χ4n) is 3.20. The van der Waals surface area contributed by atoms with Crippen LogP contribution in [0.3, 0.4) is 0 Å². The molecule has 4 heteroatoms. The van der Waals surface area contributed by atoms with Crippen LogP contribution in [0.1, 0.15) is 17.2 Å². The zero-order valence-electron chi connectivity index (χ0n) is 15.5. The van der Waals surface area contributed by atoms with E-state index < -0.39 is 0 Å². The molecule has 0 radical (unpaired) electrons. The third kappa shape index (κ3) is 4.03. The molecule has 4 nitrogen and oxygen atoms in total. The molecule has 2 aromatic carbocycles. The molecule has 0 saturated heterocycles. The molecule has 0 spiro atoms. The largest absolute Gasteiger partial charge is 0.351 e. The number of para-hydroxylation sites is 1. The molecule has 0 saturated carbocycles. The Hall–Kier alpha value is -2.85. The second kappa shape index (κ2) is 8.02.